The van der Waals surface area contributed by atoms with E-state index in [0.717, 1.165) is 6.08 Å². The molecule has 0 aliphatic heterocycles. The van der Waals surface area contributed by atoms with Crippen molar-refractivity contribution < 1.29 is 19.4 Å². The SMILES string of the molecule is CC(C)(C)OCCOc1ccc(/C=C/C(=O)O)nc1. The van der Waals surface area contributed by atoms with E-state index in [4.69, 9.17) is 14.6 Å². The minimum Gasteiger partial charge on any atom is -0.490 e. The summed E-state index contributed by atoms with van der Waals surface area (Å²) in [6.07, 6.45) is 4.02. The predicted octanol–water partition coefficient (Wildman–Crippen LogP) is 2.37. The number of hydrogen-bond acceptors (Lipinski definition) is 4. The van der Waals surface area contributed by atoms with Crippen LogP contribution in [-0.4, -0.2) is 34.9 Å². The summed E-state index contributed by atoms with van der Waals surface area (Å²) in [5.41, 5.74) is 0.397. The van der Waals surface area contributed by atoms with Gasteiger partial charge in [-0.15, -0.1) is 0 Å². The van der Waals surface area contributed by atoms with E-state index in [2.05, 4.69) is 4.98 Å². The van der Waals surface area contributed by atoms with Crippen molar-refractivity contribution >= 4 is 12.0 Å². The Bertz CT molecular complexity index is 432. The number of carbonyl (C=O) groups is 1. The van der Waals surface area contributed by atoms with Crippen LogP contribution in [0.2, 0.25) is 0 Å². The molecule has 0 spiro atoms. The Hall–Kier alpha value is -1.88. The zero-order valence-electron chi connectivity index (χ0n) is 11.4. The fourth-order valence-electron chi connectivity index (χ4n) is 1.24. The highest BCUT2D eigenvalue weighted by Crippen LogP contribution is 2.11. The fraction of sp³-hybridized carbons (Fsp3) is 0.429. The van der Waals surface area contributed by atoms with Crippen LogP contribution in [0.5, 0.6) is 5.75 Å². The van der Waals surface area contributed by atoms with Gasteiger partial charge in [0.2, 0.25) is 0 Å². The molecule has 0 amide bonds. The lowest BCUT2D eigenvalue weighted by atomic mass is 10.2. The van der Waals surface area contributed by atoms with Crippen LogP contribution in [-0.2, 0) is 9.53 Å². The largest absolute Gasteiger partial charge is 0.490 e. The molecule has 1 aromatic heterocycles. The van der Waals surface area contributed by atoms with Gasteiger partial charge in [0, 0.05) is 6.08 Å². The van der Waals surface area contributed by atoms with E-state index in [9.17, 15) is 4.79 Å². The summed E-state index contributed by atoms with van der Waals surface area (Å²) in [5, 5.41) is 8.49. The Balaban J connectivity index is 2.38. The number of carboxylic acids is 1. The molecule has 5 nitrogen and oxygen atoms in total. The Labute approximate surface area is 112 Å². The fourth-order valence-corrected chi connectivity index (χ4v) is 1.24. The van der Waals surface area contributed by atoms with Crippen molar-refractivity contribution in [3.63, 3.8) is 0 Å². The summed E-state index contributed by atoms with van der Waals surface area (Å²) < 4.78 is 11.0. The quantitative estimate of drug-likeness (QED) is 0.631. The summed E-state index contributed by atoms with van der Waals surface area (Å²) >= 11 is 0. The average molecular weight is 265 g/mol. The molecule has 0 aromatic carbocycles. The number of aromatic nitrogens is 1. The van der Waals surface area contributed by atoms with E-state index >= 15 is 0 Å². The van der Waals surface area contributed by atoms with Gasteiger partial charge in [-0.05, 0) is 39.0 Å². The Kier molecular flexibility index (Phi) is 5.51. The Morgan fingerprint density at radius 2 is 2.11 bits per heavy atom. The molecular formula is C14H19NO4. The molecule has 1 N–H and O–H groups in total. The van der Waals surface area contributed by atoms with Crippen molar-refractivity contribution in [2.75, 3.05) is 13.2 Å². The second-order valence-corrected chi connectivity index (χ2v) is 4.90. The molecule has 0 saturated heterocycles. The molecule has 1 rings (SSSR count). The maximum atomic E-state index is 10.3. The molecule has 1 heterocycles. The van der Waals surface area contributed by atoms with Crippen molar-refractivity contribution in [3.05, 3.63) is 30.1 Å². The normalized spacial score (nSPS) is 11.7. The second-order valence-electron chi connectivity index (χ2n) is 4.90. The van der Waals surface area contributed by atoms with Gasteiger partial charge in [-0.2, -0.15) is 0 Å². The van der Waals surface area contributed by atoms with Crippen molar-refractivity contribution in [3.8, 4) is 5.75 Å². The maximum absolute atomic E-state index is 10.3. The third-order valence-corrected chi connectivity index (χ3v) is 2.04. The highest BCUT2D eigenvalue weighted by atomic mass is 16.5. The van der Waals surface area contributed by atoms with Gasteiger partial charge in [-0.25, -0.2) is 4.79 Å². The van der Waals surface area contributed by atoms with Crippen molar-refractivity contribution in [2.45, 2.75) is 26.4 Å². The molecule has 0 bridgehead atoms. The predicted molar refractivity (Wildman–Crippen MR) is 72.1 cm³/mol. The van der Waals surface area contributed by atoms with E-state index in [-0.39, 0.29) is 5.60 Å². The van der Waals surface area contributed by atoms with Gasteiger partial charge in [0.25, 0.3) is 0 Å². The van der Waals surface area contributed by atoms with Gasteiger partial charge in [0.05, 0.1) is 24.1 Å². The summed E-state index contributed by atoms with van der Waals surface area (Å²) in [7, 11) is 0. The number of pyridine rings is 1. The third kappa shape index (κ3) is 7.21. The van der Waals surface area contributed by atoms with Crippen LogP contribution in [0.1, 0.15) is 26.5 Å². The molecule has 0 unspecified atom stereocenters. The smallest absolute Gasteiger partial charge is 0.328 e. The first-order chi connectivity index (χ1) is 8.87. The lowest BCUT2D eigenvalue weighted by Crippen LogP contribution is -2.22. The van der Waals surface area contributed by atoms with Crippen molar-refractivity contribution in [2.24, 2.45) is 0 Å². The van der Waals surface area contributed by atoms with Crippen LogP contribution in [0, 0.1) is 0 Å². The molecule has 19 heavy (non-hydrogen) atoms. The molecule has 5 heteroatoms. The minimum absolute atomic E-state index is 0.174. The highest BCUT2D eigenvalue weighted by molar-refractivity contribution is 5.84. The number of ether oxygens (including phenoxy) is 2. The molecule has 0 atom stereocenters. The molecule has 0 radical (unpaired) electrons. The molecule has 0 saturated carbocycles. The first-order valence-corrected chi connectivity index (χ1v) is 6.01. The van der Waals surface area contributed by atoms with Gasteiger partial charge < -0.3 is 14.6 Å². The molecule has 104 valence electrons. The van der Waals surface area contributed by atoms with E-state index in [0.29, 0.717) is 24.7 Å². The number of aliphatic carboxylic acids is 1. The lowest BCUT2D eigenvalue weighted by Gasteiger charge is -2.19. The zero-order chi connectivity index (χ0) is 14.3. The Morgan fingerprint density at radius 3 is 2.63 bits per heavy atom. The molecule has 0 aliphatic rings. The van der Waals surface area contributed by atoms with Crippen LogP contribution >= 0.6 is 0 Å². The van der Waals surface area contributed by atoms with E-state index in [1.54, 1.807) is 18.3 Å². The Morgan fingerprint density at radius 1 is 1.37 bits per heavy atom. The first kappa shape index (κ1) is 15.2. The monoisotopic (exact) mass is 265 g/mol. The van der Waals surface area contributed by atoms with Crippen LogP contribution in [0.3, 0.4) is 0 Å². The maximum Gasteiger partial charge on any atom is 0.328 e. The van der Waals surface area contributed by atoms with Gasteiger partial charge in [0.15, 0.2) is 0 Å². The topological polar surface area (TPSA) is 68.7 Å². The number of nitrogens with zero attached hydrogens (tertiary/aromatic N) is 1. The molecule has 0 aliphatic carbocycles. The van der Waals surface area contributed by atoms with Gasteiger partial charge in [0.1, 0.15) is 12.4 Å². The molecule has 1 aromatic rings. The molecular weight excluding hydrogens is 246 g/mol. The zero-order valence-corrected chi connectivity index (χ0v) is 11.4. The molecule has 0 fully saturated rings. The first-order valence-electron chi connectivity index (χ1n) is 6.01. The van der Waals surface area contributed by atoms with E-state index < -0.39 is 5.97 Å². The van der Waals surface area contributed by atoms with Gasteiger partial charge in [-0.3, -0.25) is 4.98 Å². The number of hydrogen-bond donors (Lipinski definition) is 1. The number of carboxylic acid groups (broad SMARTS) is 1. The minimum atomic E-state index is -0.999. The van der Waals surface area contributed by atoms with E-state index in [1.165, 1.54) is 6.08 Å². The summed E-state index contributed by atoms with van der Waals surface area (Å²) in [4.78, 5) is 14.4. The van der Waals surface area contributed by atoms with Crippen LogP contribution in [0.4, 0.5) is 0 Å². The van der Waals surface area contributed by atoms with Gasteiger partial charge in [-0.1, -0.05) is 0 Å². The summed E-state index contributed by atoms with van der Waals surface area (Å²) in [5.74, 6) is -0.369. The second kappa shape index (κ2) is 6.89. The van der Waals surface area contributed by atoms with Crippen molar-refractivity contribution in [1.82, 2.24) is 4.98 Å². The summed E-state index contributed by atoms with van der Waals surface area (Å²) in [6.45, 7) is 6.90. The lowest BCUT2D eigenvalue weighted by molar-refractivity contribution is -0.131. The highest BCUT2D eigenvalue weighted by Gasteiger charge is 2.09. The summed E-state index contributed by atoms with van der Waals surface area (Å²) in [6, 6.07) is 3.44. The van der Waals surface area contributed by atoms with E-state index in [1.807, 2.05) is 20.8 Å². The van der Waals surface area contributed by atoms with Crippen molar-refractivity contribution in [1.29, 1.82) is 0 Å². The number of rotatable bonds is 6. The van der Waals surface area contributed by atoms with Crippen LogP contribution in [0.25, 0.3) is 6.08 Å². The third-order valence-electron chi connectivity index (χ3n) is 2.04. The standard InChI is InChI=1S/C14H19NO4/c1-14(2,3)19-9-8-18-12-6-4-11(15-10-12)5-7-13(16)17/h4-7,10H,8-9H2,1-3H3,(H,16,17)/b7-5+. The average Bonchev–Trinajstić information content (AvgIpc) is 2.32. The van der Waals surface area contributed by atoms with Crippen LogP contribution < -0.4 is 4.74 Å². The van der Waals surface area contributed by atoms with Crippen LogP contribution in [0.15, 0.2) is 24.4 Å². The van der Waals surface area contributed by atoms with Gasteiger partial charge >= 0.3 is 5.97 Å².